The van der Waals surface area contributed by atoms with E-state index in [0.717, 1.165) is 61.8 Å². The summed E-state index contributed by atoms with van der Waals surface area (Å²) in [4.78, 5) is 14.5. The van der Waals surface area contributed by atoms with Gasteiger partial charge >= 0.3 is 0 Å². The Balaban J connectivity index is 1.30. The lowest BCUT2D eigenvalue weighted by Gasteiger charge is -2.28. The molecule has 2 aromatic heterocycles. The molecule has 2 aliphatic rings. The first-order valence-electron chi connectivity index (χ1n) is 11.8. The van der Waals surface area contributed by atoms with Gasteiger partial charge in [-0.15, -0.1) is 11.3 Å². The summed E-state index contributed by atoms with van der Waals surface area (Å²) < 4.78 is 5.46. The van der Waals surface area contributed by atoms with Crippen LogP contribution in [0.3, 0.4) is 0 Å². The van der Waals surface area contributed by atoms with Gasteiger partial charge in [0.2, 0.25) is 5.95 Å². The minimum absolute atomic E-state index is 0.605. The Morgan fingerprint density at radius 3 is 2.68 bits per heavy atom. The van der Waals surface area contributed by atoms with Crippen molar-refractivity contribution in [2.24, 2.45) is 0 Å². The van der Waals surface area contributed by atoms with Crippen LogP contribution in [-0.4, -0.2) is 36.3 Å². The molecule has 0 atom stereocenters. The SMILES string of the molecule is Nc1cccc(-c2sc3c(c2-c2ccnc(Nc4ccc(N5CCOCC5)cc4)n2)CCC3)c1. The van der Waals surface area contributed by atoms with E-state index < -0.39 is 0 Å². The highest BCUT2D eigenvalue weighted by Gasteiger charge is 2.25. The quantitative estimate of drug-likeness (QED) is 0.375. The summed E-state index contributed by atoms with van der Waals surface area (Å²) >= 11 is 1.88. The summed E-state index contributed by atoms with van der Waals surface area (Å²) in [5, 5.41) is 3.39. The van der Waals surface area contributed by atoms with E-state index in [1.807, 2.05) is 35.7 Å². The average Bonchev–Trinajstić information content (AvgIpc) is 3.47. The van der Waals surface area contributed by atoms with Crippen LogP contribution in [-0.2, 0) is 17.6 Å². The number of benzene rings is 2. The molecule has 6 rings (SSSR count). The number of nitrogens with two attached hydrogens (primary N) is 1. The molecule has 1 aliphatic carbocycles. The first kappa shape index (κ1) is 21.1. The molecule has 7 heteroatoms. The number of thiophene rings is 1. The maximum absolute atomic E-state index is 6.10. The third kappa shape index (κ3) is 4.13. The second-order valence-corrected chi connectivity index (χ2v) is 9.83. The topological polar surface area (TPSA) is 76.3 Å². The number of anilines is 4. The van der Waals surface area contributed by atoms with Gasteiger partial charge in [0.1, 0.15) is 0 Å². The maximum Gasteiger partial charge on any atom is 0.227 e. The van der Waals surface area contributed by atoms with Crippen LogP contribution < -0.4 is 16.0 Å². The molecule has 0 bridgehead atoms. The maximum atomic E-state index is 6.10. The van der Waals surface area contributed by atoms with E-state index in [9.17, 15) is 0 Å². The molecule has 172 valence electrons. The van der Waals surface area contributed by atoms with Crippen molar-refractivity contribution < 1.29 is 4.74 Å². The predicted molar refractivity (Wildman–Crippen MR) is 140 cm³/mol. The molecular formula is C27H27N5OS. The van der Waals surface area contributed by atoms with Gasteiger partial charge in [0.25, 0.3) is 0 Å². The van der Waals surface area contributed by atoms with Crippen molar-refractivity contribution in [1.29, 1.82) is 0 Å². The summed E-state index contributed by atoms with van der Waals surface area (Å²) in [7, 11) is 0. The molecule has 34 heavy (non-hydrogen) atoms. The van der Waals surface area contributed by atoms with Crippen molar-refractivity contribution >= 4 is 34.3 Å². The van der Waals surface area contributed by atoms with E-state index in [1.54, 1.807) is 0 Å². The number of rotatable bonds is 5. The summed E-state index contributed by atoms with van der Waals surface area (Å²) in [5.74, 6) is 0.605. The Kier molecular flexibility index (Phi) is 5.65. The molecule has 0 amide bonds. The Morgan fingerprint density at radius 2 is 1.85 bits per heavy atom. The number of aromatic nitrogens is 2. The molecule has 1 fully saturated rings. The number of aryl methyl sites for hydroxylation is 1. The number of hydrogen-bond acceptors (Lipinski definition) is 7. The molecule has 1 saturated heterocycles. The van der Waals surface area contributed by atoms with E-state index in [0.29, 0.717) is 5.95 Å². The lowest BCUT2D eigenvalue weighted by molar-refractivity contribution is 0.122. The fourth-order valence-electron chi connectivity index (χ4n) is 4.82. The van der Waals surface area contributed by atoms with Gasteiger partial charge < -0.3 is 20.7 Å². The highest BCUT2D eigenvalue weighted by molar-refractivity contribution is 7.16. The second-order valence-electron chi connectivity index (χ2n) is 8.72. The van der Waals surface area contributed by atoms with E-state index in [4.69, 9.17) is 15.5 Å². The van der Waals surface area contributed by atoms with E-state index in [1.165, 1.54) is 33.0 Å². The van der Waals surface area contributed by atoms with Crippen molar-refractivity contribution in [2.75, 3.05) is 42.3 Å². The molecule has 0 radical (unpaired) electrons. The van der Waals surface area contributed by atoms with E-state index in [2.05, 4.69) is 51.6 Å². The van der Waals surface area contributed by atoms with E-state index >= 15 is 0 Å². The Labute approximate surface area is 203 Å². The fraction of sp³-hybridized carbons (Fsp3) is 0.259. The van der Waals surface area contributed by atoms with Crippen molar-refractivity contribution in [3.8, 4) is 21.7 Å². The van der Waals surface area contributed by atoms with Gasteiger partial charge in [-0.1, -0.05) is 12.1 Å². The fourth-order valence-corrected chi connectivity index (χ4v) is 6.22. The van der Waals surface area contributed by atoms with Gasteiger partial charge in [-0.3, -0.25) is 0 Å². The molecule has 2 aromatic carbocycles. The highest BCUT2D eigenvalue weighted by atomic mass is 32.1. The van der Waals surface area contributed by atoms with Crippen LogP contribution in [0.2, 0.25) is 0 Å². The van der Waals surface area contributed by atoms with Gasteiger partial charge in [0, 0.05) is 51.7 Å². The normalized spacial score (nSPS) is 15.4. The monoisotopic (exact) mass is 469 g/mol. The molecule has 3 heterocycles. The highest BCUT2D eigenvalue weighted by Crippen LogP contribution is 2.46. The number of morpholine rings is 1. The summed E-state index contributed by atoms with van der Waals surface area (Å²) in [6.07, 6.45) is 5.28. The molecule has 0 saturated carbocycles. The third-order valence-corrected chi connectivity index (χ3v) is 7.82. The standard InChI is InChI=1S/C27H27N5OS/c28-19-4-1-3-18(17-19)26-25(22-5-2-6-24(22)34-26)23-11-12-29-27(31-23)30-20-7-9-21(10-8-20)32-13-15-33-16-14-32/h1,3-4,7-12,17H,2,5-6,13-16,28H2,(H,29,30,31). The molecule has 6 nitrogen and oxygen atoms in total. The number of nitrogen functional groups attached to an aromatic ring is 1. The summed E-state index contributed by atoms with van der Waals surface area (Å²) in [5.41, 5.74) is 13.8. The van der Waals surface area contributed by atoms with Crippen LogP contribution in [0.4, 0.5) is 23.0 Å². The van der Waals surface area contributed by atoms with Crippen LogP contribution in [0.1, 0.15) is 16.9 Å². The van der Waals surface area contributed by atoms with Crippen LogP contribution in [0.5, 0.6) is 0 Å². The Hall–Kier alpha value is -3.42. The molecule has 3 N–H and O–H groups in total. The number of nitrogens with zero attached hydrogens (tertiary/aromatic N) is 3. The molecule has 4 aromatic rings. The van der Waals surface area contributed by atoms with E-state index in [-0.39, 0.29) is 0 Å². The molecule has 0 spiro atoms. The molecular weight excluding hydrogens is 442 g/mol. The van der Waals surface area contributed by atoms with Gasteiger partial charge in [0.15, 0.2) is 0 Å². The first-order chi connectivity index (χ1) is 16.7. The van der Waals surface area contributed by atoms with Crippen molar-refractivity contribution in [3.05, 3.63) is 71.2 Å². The zero-order valence-corrected chi connectivity index (χ0v) is 19.8. The predicted octanol–water partition coefficient (Wildman–Crippen LogP) is 5.52. The van der Waals surface area contributed by atoms with Gasteiger partial charge in [-0.05, 0) is 72.9 Å². The average molecular weight is 470 g/mol. The van der Waals surface area contributed by atoms with Gasteiger partial charge in [-0.2, -0.15) is 0 Å². The summed E-state index contributed by atoms with van der Waals surface area (Å²) in [6.45, 7) is 3.42. The van der Waals surface area contributed by atoms with Crippen LogP contribution in [0, 0.1) is 0 Å². The lowest BCUT2D eigenvalue weighted by Crippen LogP contribution is -2.36. The largest absolute Gasteiger partial charge is 0.399 e. The number of nitrogens with one attached hydrogen (secondary N) is 1. The Bertz CT molecular complexity index is 1310. The first-order valence-corrected chi connectivity index (χ1v) is 12.6. The lowest BCUT2D eigenvalue weighted by atomic mass is 10.0. The Morgan fingerprint density at radius 1 is 1.00 bits per heavy atom. The smallest absolute Gasteiger partial charge is 0.227 e. The zero-order valence-electron chi connectivity index (χ0n) is 19.0. The molecule has 0 unspecified atom stereocenters. The van der Waals surface area contributed by atoms with Crippen molar-refractivity contribution in [2.45, 2.75) is 19.3 Å². The summed E-state index contributed by atoms with van der Waals surface area (Å²) in [6, 6.07) is 18.6. The minimum Gasteiger partial charge on any atom is -0.399 e. The molecule has 1 aliphatic heterocycles. The minimum atomic E-state index is 0.605. The number of hydrogen-bond donors (Lipinski definition) is 2. The second kappa shape index (κ2) is 9.08. The van der Waals surface area contributed by atoms with Gasteiger partial charge in [0.05, 0.1) is 18.9 Å². The van der Waals surface area contributed by atoms with Crippen LogP contribution in [0.15, 0.2) is 60.8 Å². The zero-order chi connectivity index (χ0) is 22.9. The number of ether oxygens (including phenoxy) is 1. The van der Waals surface area contributed by atoms with Gasteiger partial charge in [-0.25, -0.2) is 9.97 Å². The third-order valence-electron chi connectivity index (χ3n) is 6.48. The van der Waals surface area contributed by atoms with Crippen LogP contribution >= 0.6 is 11.3 Å². The van der Waals surface area contributed by atoms with Crippen molar-refractivity contribution in [3.63, 3.8) is 0 Å². The van der Waals surface area contributed by atoms with Crippen LogP contribution in [0.25, 0.3) is 21.7 Å². The number of fused-ring (bicyclic) bond motifs is 1. The van der Waals surface area contributed by atoms with Crippen molar-refractivity contribution in [1.82, 2.24) is 9.97 Å².